The molecule has 3 aliphatic rings. The Balaban J connectivity index is 1.49. The number of para-hydroxylation sites is 1. The average molecular weight is 396 g/mol. The maximum absolute atomic E-state index is 6.07. The molecule has 1 aromatic carbocycles. The Morgan fingerprint density at radius 2 is 1.74 bits per heavy atom. The van der Waals surface area contributed by atoms with Gasteiger partial charge in [0.15, 0.2) is 30.1 Å². The molecule has 3 aliphatic heterocycles. The van der Waals surface area contributed by atoms with Gasteiger partial charge in [0.05, 0.1) is 6.61 Å². The van der Waals surface area contributed by atoms with Crippen LogP contribution in [0.2, 0.25) is 0 Å². The highest BCUT2D eigenvalue weighted by atomic mass is 32.1. The highest BCUT2D eigenvalue weighted by molar-refractivity contribution is 7.79. The molecule has 4 rings (SSSR count). The molecule has 5 unspecified atom stereocenters. The minimum absolute atomic E-state index is 0.00747. The van der Waals surface area contributed by atoms with E-state index in [9.17, 15) is 0 Å². The van der Waals surface area contributed by atoms with Gasteiger partial charge in [0.25, 0.3) is 0 Å². The van der Waals surface area contributed by atoms with Gasteiger partial charge in [-0.05, 0) is 39.8 Å². The standard InChI is InChI=1S/C19H24O7S/c1-18(2)20-10-12(24-18)13-14(15-16(22-13)26-19(3,4)25-15)23-17(27)21-11-8-6-5-7-9-11/h5-9,12-16H,10H2,1-4H3. The van der Waals surface area contributed by atoms with Gasteiger partial charge in [-0.2, -0.15) is 0 Å². The first kappa shape index (κ1) is 19.0. The first-order chi connectivity index (χ1) is 12.7. The topological polar surface area (TPSA) is 64.6 Å². The molecule has 1 aromatic rings. The van der Waals surface area contributed by atoms with Crippen molar-refractivity contribution < 1.29 is 33.2 Å². The Labute approximate surface area is 163 Å². The van der Waals surface area contributed by atoms with Crippen molar-refractivity contribution in [2.45, 2.75) is 70.0 Å². The van der Waals surface area contributed by atoms with Gasteiger partial charge < -0.3 is 33.2 Å². The van der Waals surface area contributed by atoms with E-state index in [1.165, 1.54) is 0 Å². The lowest BCUT2D eigenvalue weighted by Crippen LogP contribution is -2.45. The van der Waals surface area contributed by atoms with Gasteiger partial charge in [0.1, 0.15) is 18.0 Å². The zero-order valence-electron chi connectivity index (χ0n) is 15.7. The van der Waals surface area contributed by atoms with Crippen LogP contribution in [0.4, 0.5) is 0 Å². The van der Waals surface area contributed by atoms with Crippen molar-refractivity contribution >= 4 is 17.5 Å². The van der Waals surface area contributed by atoms with Crippen LogP contribution in [0.5, 0.6) is 5.75 Å². The van der Waals surface area contributed by atoms with Gasteiger partial charge in [0, 0.05) is 12.2 Å². The molecule has 0 aliphatic carbocycles. The van der Waals surface area contributed by atoms with Crippen LogP contribution in [0.3, 0.4) is 0 Å². The molecular weight excluding hydrogens is 372 g/mol. The lowest BCUT2D eigenvalue weighted by Gasteiger charge is -2.29. The molecule has 0 bridgehead atoms. The second-order valence-electron chi connectivity index (χ2n) is 7.68. The second-order valence-corrected chi connectivity index (χ2v) is 8.02. The number of hydrogen-bond donors (Lipinski definition) is 0. The van der Waals surface area contributed by atoms with Crippen molar-refractivity contribution in [3.8, 4) is 5.75 Å². The molecule has 0 radical (unpaired) electrons. The molecule has 3 fully saturated rings. The Morgan fingerprint density at radius 1 is 1.00 bits per heavy atom. The molecule has 0 aromatic heterocycles. The lowest BCUT2D eigenvalue weighted by molar-refractivity contribution is -0.231. The quantitative estimate of drug-likeness (QED) is 0.723. The van der Waals surface area contributed by atoms with Crippen molar-refractivity contribution in [2.24, 2.45) is 0 Å². The predicted molar refractivity (Wildman–Crippen MR) is 98.1 cm³/mol. The number of ether oxygens (including phenoxy) is 7. The Bertz CT molecular complexity index is 693. The smallest absolute Gasteiger partial charge is 0.358 e. The summed E-state index contributed by atoms with van der Waals surface area (Å²) in [6, 6.07) is 9.22. The molecule has 27 heavy (non-hydrogen) atoms. The molecule has 0 amide bonds. The molecule has 7 nitrogen and oxygen atoms in total. The molecule has 5 atom stereocenters. The van der Waals surface area contributed by atoms with Gasteiger partial charge >= 0.3 is 5.24 Å². The summed E-state index contributed by atoms with van der Waals surface area (Å²) in [5.74, 6) is -0.853. The van der Waals surface area contributed by atoms with Gasteiger partial charge in [-0.3, -0.25) is 0 Å². The summed E-state index contributed by atoms with van der Waals surface area (Å²) in [6.45, 7) is 7.76. The Morgan fingerprint density at radius 3 is 2.41 bits per heavy atom. The minimum Gasteiger partial charge on any atom is -0.447 e. The fraction of sp³-hybridized carbons (Fsp3) is 0.632. The highest BCUT2D eigenvalue weighted by Crippen LogP contribution is 2.42. The molecule has 3 heterocycles. The number of rotatable bonds is 3. The van der Waals surface area contributed by atoms with E-state index < -0.39 is 36.2 Å². The fourth-order valence-electron chi connectivity index (χ4n) is 3.53. The third-order valence-electron chi connectivity index (χ3n) is 4.60. The summed E-state index contributed by atoms with van der Waals surface area (Å²) in [6.07, 6.45) is -2.35. The van der Waals surface area contributed by atoms with Crippen LogP contribution in [-0.4, -0.2) is 54.1 Å². The number of fused-ring (bicyclic) bond motifs is 1. The maximum Gasteiger partial charge on any atom is 0.358 e. The maximum atomic E-state index is 6.07. The normalized spacial score (nSPS) is 36.4. The predicted octanol–water partition coefficient (Wildman–Crippen LogP) is 2.76. The van der Waals surface area contributed by atoms with Crippen LogP contribution in [0.25, 0.3) is 0 Å². The second kappa shape index (κ2) is 6.95. The van der Waals surface area contributed by atoms with Gasteiger partial charge in [-0.25, -0.2) is 0 Å². The summed E-state index contributed by atoms with van der Waals surface area (Å²) < 4.78 is 41.1. The zero-order valence-corrected chi connectivity index (χ0v) is 16.6. The van der Waals surface area contributed by atoms with E-state index in [-0.39, 0.29) is 11.3 Å². The average Bonchev–Trinajstić information content (AvgIpc) is 3.19. The molecule has 0 N–H and O–H groups in total. The van der Waals surface area contributed by atoms with Crippen LogP contribution in [0.15, 0.2) is 30.3 Å². The van der Waals surface area contributed by atoms with Crippen LogP contribution < -0.4 is 4.74 Å². The minimum atomic E-state index is -0.768. The lowest BCUT2D eigenvalue weighted by atomic mass is 10.1. The fourth-order valence-corrected chi connectivity index (χ4v) is 3.74. The Hall–Kier alpha value is -1.29. The number of benzene rings is 1. The number of hydrogen-bond acceptors (Lipinski definition) is 8. The van der Waals surface area contributed by atoms with E-state index in [0.717, 1.165) is 0 Å². The van der Waals surface area contributed by atoms with Crippen molar-refractivity contribution in [1.29, 1.82) is 0 Å². The van der Waals surface area contributed by atoms with E-state index in [4.69, 9.17) is 45.4 Å². The summed E-state index contributed by atoms with van der Waals surface area (Å²) in [7, 11) is 0. The van der Waals surface area contributed by atoms with Crippen molar-refractivity contribution in [1.82, 2.24) is 0 Å². The van der Waals surface area contributed by atoms with Crippen LogP contribution >= 0.6 is 12.2 Å². The van der Waals surface area contributed by atoms with Gasteiger partial charge in [0.2, 0.25) is 0 Å². The first-order valence-electron chi connectivity index (χ1n) is 8.99. The van der Waals surface area contributed by atoms with E-state index in [1.807, 2.05) is 45.9 Å². The van der Waals surface area contributed by atoms with Crippen LogP contribution in [0, 0.1) is 0 Å². The van der Waals surface area contributed by atoms with Crippen LogP contribution in [0.1, 0.15) is 27.7 Å². The third kappa shape index (κ3) is 4.11. The van der Waals surface area contributed by atoms with Crippen molar-refractivity contribution in [2.75, 3.05) is 6.61 Å². The van der Waals surface area contributed by atoms with Crippen molar-refractivity contribution in [3.63, 3.8) is 0 Å². The summed E-state index contributed by atoms with van der Waals surface area (Å²) in [5.41, 5.74) is 0. The first-order valence-corrected chi connectivity index (χ1v) is 9.40. The monoisotopic (exact) mass is 396 g/mol. The SMILES string of the molecule is CC1(C)OCC(C2OC3OC(C)(C)OC3C2OC(=S)Oc2ccccc2)O1. The molecule has 0 spiro atoms. The molecule has 8 heteroatoms. The zero-order chi connectivity index (χ0) is 19.2. The summed E-state index contributed by atoms with van der Waals surface area (Å²) in [5, 5.41) is -0.00747. The van der Waals surface area contributed by atoms with Gasteiger partial charge in [-0.15, -0.1) is 0 Å². The van der Waals surface area contributed by atoms with E-state index in [0.29, 0.717) is 12.4 Å². The Kier molecular flexibility index (Phi) is 4.90. The van der Waals surface area contributed by atoms with E-state index in [1.54, 1.807) is 12.1 Å². The highest BCUT2D eigenvalue weighted by Gasteiger charge is 2.60. The third-order valence-corrected chi connectivity index (χ3v) is 4.78. The van der Waals surface area contributed by atoms with E-state index in [2.05, 4.69) is 0 Å². The summed E-state index contributed by atoms with van der Waals surface area (Å²) >= 11 is 5.29. The number of thiocarbonyl (C=S) groups is 1. The van der Waals surface area contributed by atoms with Crippen LogP contribution in [-0.2, 0) is 28.4 Å². The largest absolute Gasteiger partial charge is 0.447 e. The molecule has 148 valence electrons. The van der Waals surface area contributed by atoms with Crippen molar-refractivity contribution in [3.05, 3.63) is 30.3 Å². The van der Waals surface area contributed by atoms with Gasteiger partial charge in [-0.1, -0.05) is 18.2 Å². The van der Waals surface area contributed by atoms with E-state index >= 15 is 0 Å². The molecular formula is C19H24O7S. The summed E-state index contributed by atoms with van der Waals surface area (Å²) in [4.78, 5) is 0. The molecule has 0 saturated carbocycles. The molecule has 3 saturated heterocycles.